The number of benzene rings is 1. The molecule has 4 nitrogen and oxygen atoms in total. The van der Waals surface area contributed by atoms with Crippen LogP contribution in [0.25, 0.3) is 0 Å². The van der Waals surface area contributed by atoms with E-state index in [2.05, 4.69) is 15.3 Å². The lowest BCUT2D eigenvalue weighted by Crippen LogP contribution is -2.02. The van der Waals surface area contributed by atoms with Gasteiger partial charge in [-0.3, -0.25) is 0 Å². The van der Waals surface area contributed by atoms with Gasteiger partial charge in [-0.25, -0.2) is 9.97 Å². The summed E-state index contributed by atoms with van der Waals surface area (Å²) in [6.45, 7) is 2.60. The van der Waals surface area contributed by atoms with Crippen LogP contribution in [-0.2, 0) is 6.54 Å². The highest BCUT2D eigenvalue weighted by molar-refractivity contribution is 5.41. The lowest BCUT2D eigenvalue weighted by Gasteiger charge is -2.06. The standard InChI is InChI=1S/C12H14N4/c1-9-14-7-6-12(16-9)15-8-10-2-4-11(13)5-3-10/h2-7H,8,13H2,1H3,(H,14,15,16). The molecule has 0 aliphatic heterocycles. The van der Waals surface area contributed by atoms with Gasteiger partial charge in [0.1, 0.15) is 11.6 Å². The Morgan fingerprint density at radius 2 is 1.94 bits per heavy atom. The van der Waals surface area contributed by atoms with E-state index in [1.165, 1.54) is 5.56 Å². The monoisotopic (exact) mass is 214 g/mol. The van der Waals surface area contributed by atoms with E-state index in [0.29, 0.717) is 0 Å². The van der Waals surface area contributed by atoms with Crippen LogP contribution < -0.4 is 11.1 Å². The van der Waals surface area contributed by atoms with Gasteiger partial charge in [-0.1, -0.05) is 12.1 Å². The van der Waals surface area contributed by atoms with Crippen molar-refractivity contribution in [3.63, 3.8) is 0 Å². The van der Waals surface area contributed by atoms with E-state index in [9.17, 15) is 0 Å². The lowest BCUT2D eigenvalue weighted by atomic mass is 10.2. The zero-order chi connectivity index (χ0) is 11.4. The van der Waals surface area contributed by atoms with Crippen LogP contribution in [0.3, 0.4) is 0 Å². The second-order valence-corrected chi connectivity index (χ2v) is 3.58. The van der Waals surface area contributed by atoms with Crippen LogP contribution in [0.4, 0.5) is 11.5 Å². The number of hydrogen-bond acceptors (Lipinski definition) is 4. The van der Waals surface area contributed by atoms with E-state index in [1.54, 1.807) is 6.20 Å². The second kappa shape index (κ2) is 4.61. The number of aromatic nitrogens is 2. The number of nitrogen functional groups attached to an aromatic ring is 1. The predicted molar refractivity (Wildman–Crippen MR) is 65.0 cm³/mol. The molecule has 0 atom stereocenters. The summed E-state index contributed by atoms with van der Waals surface area (Å²) in [5.41, 5.74) is 7.56. The Bertz CT molecular complexity index is 465. The van der Waals surface area contributed by atoms with Crippen molar-refractivity contribution in [3.05, 3.63) is 47.9 Å². The zero-order valence-electron chi connectivity index (χ0n) is 9.14. The van der Waals surface area contributed by atoms with Crippen molar-refractivity contribution >= 4 is 11.5 Å². The number of hydrogen-bond donors (Lipinski definition) is 2. The van der Waals surface area contributed by atoms with Crippen molar-refractivity contribution in [3.8, 4) is 0 Å². The summed E-state index contributed by atoms with van der Waals surface area (Å²) in [7, 11) is 0. The van der Waals surface area contributed by atoms with Crippen LogP contribution >= 0.6 is 0 Å². The fraction of sp³-hybridized carbons (Fsp3) is 0.167. The number of nitrogens with one attached hydrogen (secondary N) is 1. The SMILES string of the molecule is Cc1nccc(NCc2ccc(N)cc2)n1. The van der Waals surface area contributed by atoms with Crippen LogP contribution in [0, 0.1) is 6.92 Å². The van der Waals surface area contributed by atoms with Gasteiger partial charge in [-0.15, -0.1) is 0 Å². The van der Waals surface area contributed by atoms with Gasteiger partial charge < -0.3 is 11.1 Å². The van der Waals surface area contributed by atoms with E-state index in [0.717, 1.165) is 23.9 Å². The second-order valence-electron chi connectivity index (χ2n) is 3.58. The molecule has 16 heavy (non-hydrogen) atoms. The summed E-state index contributed by atoms with van der Waals surface area (Å²) in [5, 5.41) is 3.23. The summed E-state index contributed by atoms with van der Waals surface area (Å²) in [6.07, 6.45) is 1.74. The summed E-state index contributed by atoms with van der Waals surface area (Å²) >= 11 is 0. The molecule has 1 aromatic heterocycles. The fourth-order valence-electron chi connectivity index (χ4n) is 1.38. The van der Waals surface area contributed by atoms with Crippen molar-refractivity contribution in [2.75, 3.05) is 11.1 Å². The van der Waals surface area contributed by atoms with Crippen molar-refractivity contribution in [2.24, 2.45) is 0 Å². The maximum atomic E-state index is 5.61. The minimum atomic E-state index is 0.733. The number of aryl methyl sites for hydroxylation is 1. The first-order valence-electron chi connectivity index (χ1n) is 5.12. The van der Waals surface area contributed by atoms with Crippen molar-refractivity contribution in [1.82, 2.24) is 9.97 Å². The highest BCUT2D eigenvalue weighted by Crippen LogP contribution is 2.08. The van der Waals surface area contributed by atoms with Gasteiger partial charge in [0.15, 0.2) is 0 Å². The average Bonchev–Trinajstić information content (AvgIpc) is 2.28. The van der Waals surface area contributed by atoms with E-state index in [1.807, 2.05) is 37.3 Å². The average molecular weight is 214 g/mol. The quantitative estimate of drug-likeness (QED) is 0.767. The molecule has 0 radical (unpaired) electrons. The summed E-state index contributed by atoms with van der Waals surface area (Å²) in [5.74, 6) is 1.60. The van der Waals surface area contributed by atoms with E-state index in [-0.39, 0.29) is 0 Å². The number of rotatable bonds is 3. The molecule has 1 heterocycles. The molecule has 3 N–H and O–H groups in total. The zero-order valence-corrected chi connectivity index (χ0v) is 9.14. The molecule has 0 amide bonds. The molecule has 0 bridgehead atoms. The Kier molecular flexibility index (Phi) is 3.00. The molecule has 0 fully saturated rings. The maximum Gasteiger partial charge on any atom is 0.129 e. The molecule has 1 aromatic carbocycles. The predicted octanol–water partition coefficient (Wildman–Crippen LogP) is 1.98. The Balaban J connectivity index is 1.99. The lowest BCUT2D eigenvalue weighted by molar-refractivity contribution is 1.02. The van der Waals surface area contributed by atoms with Gasteiger partial charge in [0, 0.05) is 18.4 Å². The Hall–Kier alpha value is -2.10. The largest absolute Gasteiger partial charge is 0.399 e. The molecular formula is C12H14N4. The van der Waals surface area contributed by atoms with Gasteiger partial charge in [0.2, 0.25) is 0 Å². The first-order valence-corrected chi connectivity index (χ1v) is 5.12. The molecule has 0 saturated carbocycles. The van der Waals surface area contributed by atoms with Crippen LogP contribution in [0.1, 0.15) is 11.4 Å². The molecule has 0 spiro atoms. The summed E-state index contributed by atoms with van der Waals surface area (Å²) < 4.78 is 0. The molecule has 82 valence electrons. The molecule has 2 rings (SSSR count). The third-order valence-corrected chi connectivity index (χ3v) is 2.23. The minimum absolute atomic E-state index is 0.733. The van der Waals surface area contributed by atoms with E-state index in [4.69, 9.17) is 5.73 Å². The first-order chi connectivity index (χ1) is 7.74. The smallest absolute Gasteiger partial charge is 0.129 e. The van der Waals surface area contributed by atoms with Gasteiger partial charge in [0.05, 0.1) is 0 Å². The molecule has 4 heteroatoms. The van der Waals surface area contributed by atoms with E-state index < -0.39 is 0 Å². The number of anilines is 2. The molecule has 2 aromatic rings. The van der Waals surface area contributed by atoms with Crippen molar-refractivity contribution < 1.29 is 0 Å². The van der Waals surface area contributed by atoms with Gasteiger partial charge in [-0.2, -0.15) is 0 Å². The third kappa shape index (κ3) is 2.70. The van der Waals surface area contributed by atoms with E-state index >= 15 is 0 Å². The Morgan fingerprint density at radius 3 is 2.62 bits per heavy atom. The maximum absolute atomic E-state index is 5.61. The molecule has 0 saturated heterocycles. The van der Waals surface area contributed by atoms with Gasteiger partial charge in [0.25, 0.3) is 0 Å². The Morgan fingerprint density at radius 1 is 1.19 bits per heavy atom. The normalized spacial score (nSPS) is 10.1. The molecule has 0 aliphatic carbocycles. The number of nitrogens with two attached hydrogens (primary N) is 1. The summed E-state index contributed by atoms with van der Waals surface area (Å²) in [4.78, 5) is 8.30. The highest BCUT2D eigenvalue weighted by atomic mass is 15.0. The fourth-order valence-corrected chi connectivity index (χ4v) is 1.38. The van der Waals surface area contributed by atoms with Crippen molar-refractivity contribution in [1.29, 1.82) is 0 Å². The highest BCUT2D eigenvalue weighted by Gasteiger charge is 1.95. The Labute approximate surface area is 94.5 Å². The van der Waals surface area contributed by atoms with Crippen LogP contribution in [0.15, 0.2) is 36.5 Å². The minimum Gasteiger partial charge on any atom is -0.399 e. The van der Waals surface area contributed by atoms with Gasteiger partial charge in [-0.05, 0) is 30.7 Å². The molecular weight excluding hydrogens is 200 g/mol. The summed E-state index contributed by atoms with van der Waals surface area (Å²) in [6, 6.07) is 9.63. The first kappa shape index (κ1) is 10.4. The van der Waals surface area contributed by atoms with Crippen LogP contribution in [0.2, 0.25) is 0 Å². The van der Waals surface area contributed by atoms with Crippen molar-refractivity contribution in [2.45, 2.75) is 13.5 Å². The van der Waals surface area contributed by atoms with Gasteiger partial charge >= 0.3 is 0 Å². The van der Waals surface area contributed by atoms with Crippen LogP contribution in [0.5, 0.6) is 0 Å². The van der Waals surface area contributed by atoms with Crippen LogP contribution in [-0.4, -0.2) is 9.97 Å². The molecule has 0 aliphatic rings. The third-order valence-electron chi connectivity index (χ3n) is 2.23. The molecule has 0 unspecified atom stereocenters. The topological polar surface area (TPSA) is 63.8 Å². The number of nitrogens with zero attached hydrogens (tertiary/aromatic N) is 2.